The summed E-state index contributed by atoms with van der Waals surface area (Å²) >= 11 is 0. The zero-order chi connectivity index (χ0) is 28.1. The van der Waals surface area contributed by atoms with E-state index in [0.29, 0.717) is 30.3 Å². The van der Waals surface area contributed by atoms with E-state index < -0.39 is 11.6 Å². The monoisotopic (exact) mass is 546 g/mol. The van der Waals surface area contributed by atoms with E-state index in [0.717, 1.165) is 12.0 Å². The third kappa shape index (κ3) is 6.25. The van der Waals surface area contributed by atoms with Crippen LogP contribution < -0.4 is 15.8 Å². The minimum atomic E-state index is -1.21. The summed E-state index contributed by atoms with van der Waals surface area (Å²) in [6.07, 6.45) is 3.47. The molecule has 1 amide bonds. The highest BCUT2D eigenvalue weighted by Gasteiger charge is 2.29. The molecule has 3 N–H and O–H groups in total. The molecule has 0 bridgehead atoms. The van der Waals surface area contributed by atoms with Crippen LogP contribution in [0.3, 0.4) is 0 Å². The van der Waals surface area contributed by atoms with Crippen molar-refractivity contribution in [2.75, 3.05) is 24.1 Å². The molecular formula is C29H28F2N6O3. The highest BCUT2D eigenvalue weighted by molar-refractivity contribution is 5.68. The molecule has 1 aliphatic heterocycles. The largest absolute Gasteiger partial charge is 0.445 e. The van der Waals surface area contributed by atoms with E-state index in [2.05, 4.69) is 27.2 Å². The van der Waals surface area contributed by atoms with E-state index in [-0.39, 0.29) is 42.0 Å². The number of carbonyl (C=O) groups excluding carboxylic acids is 1. The van der Waals surface area contributed by atoms with Crippen molar-refractivity contribution in [3.8, 4) is 22.9 Å². The van der Waals surface area contributed by atoms with E-state index in [1.807, 2.05) is 30.3 Å². The second-order valence-corrected chi connectivity index (χ2v) is 9.63. The Morgan fingerprint density at radius 3 is 2.67 bits per heavy atom. The van der Waals surface area contributed by atoms with Crippen LogP contribution in [-0.4, -0.2) is 45.1 Å². The molecule has 206 valence electrons. The van der Waals surface area contributed by atoms with Crippen molar-refractivity contribution >= 4 is 17.7 Å². The van der Waals surface area contributed by atoms with Gasteiger partial charge in [0.15, 0.2) is 11.6 Å². The molecule has 0 saturated carbocycles. The number of nitrogen functional groups attached to an aromatic ring is 1. The van der Waals surface area contributed by atoms with Crippen LogP contribution in [0.5, 0.6) is 11.6 Å². The topological polar surface area (TPSA) is 115 Å². The van der Waals surface area contributed by atoms with Crippen molar-refractivity contribution in [1.82, 2.24) is 19.9 Å². The summed E-state index contributed by atoms with van der Waals surface area (Å²) in [5.41, 5.74) is 6.94. The van der Waals surface area contributed by atoms with Gasteiger partial charge in [0.05, 0.1) is 16.9 Å². The number of nitrogens with zero attached hydrogens (tertiary/aromatic N) is 4. The van der Waals surface area contributed by atoms with Crippen molar-refractivity contribution in [2.24, 2.45) is 5.92 Å². The summed E-state index contributed by atoms with van der Waals surface area (Å²) < 4.78 is 39.5. The molecule has 0 radical (unpaired) electrons. The Balaban J connectivity index is 1.29. The van der Waals surface area contributed by atoms with Gasteiger partial charge in [0.2, 0.25) is 17.6 Å². The summed E-state index contributed by atoms with van der Waals surface area (Å²) in [6.45, 7) is 3.29. The molecule has 3 heterocycles. The fraction of sp³-hybridized carbons (Fsp3) is 0.241. The average Bonchev–Trinajstić information content (AvgIpc) is 2.97. The number of anilines is 2. The van der Waals surface area contributed by atoms with Crippen molar-refractivity contribution in [3.05, 3.63) is 90.3 Å². The van der Waals surface area contributed by atoms with E-state index in [4.69, 9.17) is 15.2 Å². The molecule has 11 heteroatoms. The third-order valence-electron chi connectivity index (χ3n) is 6.44. The number of pyridine rings is 1. The highest BCUT2D eigenvalue weighted by Crippen LogP contribution is 2.33. The van der Waals surface area contributed by atoms with Gasteiger partial charge in [-0.1, -0.05) is 37.3 Å². The Morgan fingerprint density at radius 2 is 1.85 bits per heavy atom. The second-order valence-electron chi connectivity index (χ2n) is 9.63. The number of rotatable bonds is 7. The van der Waals surface area contributed by atoms with Gasteiger partial charge in [-0.3, -0.25) is 0 Å². The third-order valence-corrected chi connectivity index (χ3v) is 6.44. The molecule has 0 spiro atoms. The van der Waals surface area contributed by atoms with Crippen molar-refractivity contribution in [3.63, 3.8) is 0 Å². The van der Waals surface area contributed by atoms with Gasteiger partial charge in [0.1, 0.15) is 6.61 Å². The first kappa shape index (κ1) is 26.8. The van der Waals surface area contributed by atoms with E-state index in [9.17, 15) is 13.6 Å². The predicted octanol–water partition coefficient (Wildman–Crippen LogP) is 5.65. The lowest BCUT2D eigenvalue weighted by atomic mass is 9.96. The number of carbonyl (C=O) groups is 1. The molecule has 40 heavy (non-hydrogen) atoms. The Hall–Kier alpha value is -4.80. The van der Waals surface area contributed by atoms with Gasteiger partial charge < -0.3 is 25.4 Å². The summed E-state index contributed by atoms with van der Waals surface area (Å²) in [5.74, 6) is -2.15. The van der Waals surface area contributed by atoms with Crippen LogP contribution in [-0.2, 0) is 11.3 Å². The zero-order valence-electron chi connectivity index (χ0n) is 21.8. The fourth-order valence-corrected chi connectivity index (χ4v) is 4.57. The molecule has 2 aromatic heterocycles. The number of hydrogen-bond acceptors (Lipinski definition) is 8. The lowest BCUT2D eigenvalue weighted by Crippen LogP contribution is -2.48. The van der Waals surface area contributed by atoms with E-state index >= 15 is 0 Å². The quantitative estimate of drug-likeness (QED) is 0.286. The fourth-order valence-electron chi connectivity index (χ4n) is 4.57. The highest BCUT2D eigenvalue weighted by atomic mass is 19.2. The number of benzene rings is 2. The number of nitrogens with two attached hydrogens (primary N) is 1. The number of amides is 1. The van der Waals surface area contributed by atoms with Crippen LogP contribution >= 0.6 is 0 Å². The summed E-state index contributed by atoms with van der Waals surface area (Å²) in [4.78, 5) is 27.6. The maximum Gasteiger partial charge on any atom is 0.410 e. The molecule has 4 aromatic rings. The van der Waals surface area contributed by atoms with Gasteiger partial charge in [-0.05, 0) is 48.2 Å². The molecule has 1 fully saturated rings. The SMILES string of the molecule is C[C@@H]1C[C@H](Nc2nccc(-c3cccnc3Oc3ccc(N)c(F)c3F)n2)CN(C(=O)OCc2ccccc2)C1. The van der Waals surface area contributed by atoms with E-state index in [1.165, 1.54) is 18.3 Å². The molecule has 0 aliphatic carbocycles. The first-order chi connectivity index (χ1) is 19.4. The van der Waals surface area contributed by atoms with Crippen molar-refractivity contribution in [2.45, 2.75) is 26.0 Å². The van der Waals surface area contributed by atoms with Gasteiger partial charge in [0, 0.05) is 31.5 Å². The van der Waals surface area contributed by atoms with Gasteiger partial charge in [-0.2, -0.15) is 4.39 Å². The van der Waals surface area contributed by atoms with Crippen LogP contribution in [0.4, 0.5) is 25.2 Å². The van der Waals surface area contributed by atoms with Crippen LogP contribution in [0.2, 0.25) is 0 Å². The Bertz CT molecular complexity index is 1490. The lowest BCUT2D eigenvalue weighted by Gasteiger charge is -2.36. The normalized spacial score (nSPS) is 16.8. The Morgan fingerprint density at radius 1 is 1.02 bits per heavy atom. The number of likely N-dealkylation sites (tertiary alicyclic amines) is 1. The van der Waals surface area contributed by atoms with Crippen LogP contribution in [0, 0.1) is 17.6 Å². The molecule has 9 nitrogen and oxygen atoms in total. The van der Waals surface area contributed by atoms with Gasteiger partial charge in [-0.15, -0.1) is 0 Å². The van der Waals surface area contributed by atoms with Gasteiger partial charge >= 0.3 is 6.09 Å². The maximum atomic E-state index is 14.4. The molecule has 5 rings (SSSR count). The summed E-state index contributed by atoms with van der Waals surface area (Å²) in [5, 5.41) is 3.32. The molecular weight excluding hydrogens is 518 g/mol. The molecule has 0 unspecified atom stereocenters. The minimum Gasteiger partial charge on any atom is -0.445 e. The first-order valence-corrected chi connectivity index (χ1v) is 12.8. The number of hydrogen-bond donors (Lipinski definition) is 2. The number of aromatic nitrogens is 3. The van der Waals surface area contributed by atoms with Crippen LogP contribution in [0.25, 0.3) is 11.3 Å². The van der Waals surface area contributed by atoms with Crippen LogP contribution in [0.1, 0.15) is 18.9 Å². The van der Waals surface area contributed by atoms with E-state index in [1.54, 1.807) is 29.3 Å². The maximum absolute atomic E-state index is 14.4. The van der Waals surface area contributed by atoms with Gasteiger partial charge in [0.25, 0.3) is 0 Å². The smallest absolute Gasteiger partial charge is 0.410 e. The standard InChI is InChI=1S/C29H28F2N6O3/c1-18-14-20(16-37(15-18)29(38)39-17-19-6-3-2-4-7-19)35-28-34-13-11-23(36-28)21-8-5-12-33-27(21)40-24-10-9-22(32)25(30)26(24)31/h2-13,18,20H,14-17,32H2,1H3,(H,34,35,36)/t18-,20+/m1/s1. The Kier molecular flexibility index (Phi) is 7.99. The summed E-state index contributed by atoms with van der Waals surface area (Å²) in [6, 6.07) is 16.9. The number of piperidine rings is 1. The molecule has 2 atom stereocenters. The van der Waals surface area contributed by atoms with Crippen molar-refractivity contribution < 1.29 is 23.0 Å². The molecule has 1 aliphatic rings. The van der Waals surface area contributed by atoms with Crippen LogP contribution in [0.15, 0.2) is 73.1 Å². The number of ether oxygens (including phenoxy) is 2. The average molecular weight is 547 g/mol. The molecule has 1 saturated heterocycles. The zero-order valence-corrected chi connectivity index (χ0v) is 21.8. The predicted molar refractivity (Wildman–Crippen MR) is 145 cm³/mol. The van der Waals surface area contributed by atoms with Gasteiger partial charge in [-0.25, -0.2) is 24.1 Å². The summed E-state index contributed by atoms with van der Waals surface area (Å²) in [7, 11) is 0. The number of halogens is 2. The minimum absolute atomic E-state index is 0.0360. The number of nitrogens with one attached hydrogen (secondary N) is 1. The second kappa shape index (κ2) is 11.9. The Labute approximate surface area is 230 Å². The lowest BCUT2D eigenvalue weighted by molar-refractivity contribution is 0.0783. The van der Waals surface area contributed by atoms with Crippen molar-refractivity contribution in [1.29, 1.82) is 0 Å². The first-order valence-electron chi connectivity index (χ1n) is 12.8. The molecule has 2 aromatic carbocycles.